The molecule has 0 aliphatic carbocycles. The summed E-state index contributed by atoms with van der Waals surface area (Å²) in [5.41, 5.74) is 12.6. The Labute approximate surface area is 225 Å². The van der Waals surface area contributed by atoms with E-state index in [0.717, 1.165) is 16.8 Å². The van der Waals surface area contributed by atoms with Crippen molar-refractivity contribution < 1.29 is 5.11 Å². The largest absolute Gasteiger partial charge is 0.388 e. The van der Waals surface area contributed by atoms with Crippen molar-refractivity contribution in [2.45, 2.75) is 31.5 Å². The molecule has 5 rings (SSSR count). The molecule has 0 saturated heterocycles. The SMILES string of the molecule is CC(C)(O)C(Nc1c(C#N)cnc2c(Cl)cc(N[C@H](C3=CNNN3)c3cccnc3)cc12)c1ccccc1. The molecule has 0 fully saturated rings. The van der Waals surface area contributed by atoms with Gasteiger partial charge in [-0.15, -0.1) is 0 Å². The van der Waals surface area contributed by atoms with Crippen LogP contribution < -0.4 is 27.0 Å². The van der Waals surface area contributed by atoms with Crippen LogP contribution in [0.15, 0.2) is 85.1 Å². The van der Waals surface area contributed by atoms with Gasteiger partial charge in [0.15, 0.2) is 0 Å². The van der Waals surface area contributed by atoms with E-state index < -0.39 is 11.6 Å². The minimum atomic E-state index is -1.14. The summed E-state index contributed by atoms with van der Waals surface area (Å²) < 4.78 is 0. The Morgan fingerprint density at radius 1 is 1.05 bits per heavy atom. The second kappa shape index (κ2) is 10.6. The van der Waals surface area contributed by atoms with Gasteiger partial charge in [-0.3, -0.25) is 9.97 Å². The molecule has 2 aromatic carbocycles. The summed E-state index contributed by atoms with van der Waals surface area (Å²) >= 11 is 6.73. The quantitative estimate of drug-likeness (QED) is 0.194. The molecule has 0 radical (unpaired) electrons. The van der Waals surface area contributed by atoms with Crippen molar-refractivity contribution in [2.24, 2.45) is 0 Å². The molecule has 1 aliphatic rings. The van der Waals surface area contributed by atoms with Gasteiger partial charge in [0.2, 0.25) is 0 Å². The topological polar surface area (TPSA) is 130 Å². The van der Waals surface area contributed by atoms with Crippen molar-refractivity contribution in [3.63, 3.8) is 0 Å². The summed E-state index contributed by atoms with van der Waals surface area (Å²) in [6.45, 7) is 3.46. The Kier molecular flexibility index (Phi) is 7.03. The maximum absolute atomic E-state index is 11.1. The molecule has 3 heterocycles. The van der Waals surface area contributed by atoms with Gasteiger partial charge in [0.05, 0.1) is 45.2 Å². The summed E-state index contributed by atoms with van der Waals surface area (Å²) in [5, 5.41) is 29.1. The van der Waals surface area contributed by atoms with Crippen molar-refractivity contribution in [1.29, 1.82) is 5.26 Å². The number of hydrazine groups is 2. The van der Waals surface area contributed by atoms with Gasteiger partial charge in [-0.1, -0.05) is 48.0 Å². The van der Waals surface area contributed by atoms with Gasteiger partial charge in [0, 0.05) is 35.9 Å². The zero-order valence-corrected chi connectivity index (χ0v) is 21.6. The number of nitrogens with zero attached hydrogens (tertiary/aromatic N) is 3. The van der Waals surface area contributed by atoms with Crippen LogP contribution in [0, 0.1) is 11.3 Å². The highest BCUT2D eigenvalue weighted by Crippen LogP contribution is 2.38. The first-order valence-electron chi connectivity index (χ1n) is 12.0. The number of aromatic nitrogens is 2. The summed E-state index contributed by atoms with van der Waals surface area (Å²) in [5.74, 6) is 0. The molecule has 6 N–H and O–H groups in total. The highest BCUT2D eigenvalue weighted by Gasteiger charge is 2.30. The van der Waals surface area contributed by atoms with Crippen LogP contribution in [-0.2, 0) is 0 Å². The maximum atomic E-state index is 11.1. The molecule has 192 valence electrons. The third-order valence-corrected chi connectivity index (χ3v) is 6.61. The lowest BCUT2D eigenvalue weighted by Gasteiger charge is -2.32. The van der Waals surface area contributed by atoms with Gasteiger partial charge < -0.3 is 26.6 Å². The van der Waals surface area contributed by atoms with E-state index in [2.05, 4.69) is 43.1 Å². The van der Waals surface area contributed by atoms with Gasteiger partial charge in [-0.05, 0) is 43.2 Å². The van der Waals surface area contributed by atoms with Crippen LogP contribution in [0.1, 0.15) is 42.6 Å². The lowest BCUT2D eigenvalue weighted by atomic mass is 9.91. The molecular formula is C28H27ClN8O. The van der Waals surface area contributed by atoms with Crippen LogP contribution in [0.25, 0.3) is 10.9 Å². The smallest absolute Gasteiger partial charge is 0.103 e. The standard InChI is InChI=1S/C28H27ClN8O/c1-28(2,38)27(17-7-4-3-5-8-17)35-24-19(13-30)15-32-26-21(24)11-20(12-22(26)29)34-25(23-16-33-37-36-23)18-9-6-10-31-14-18/h3-12,14-16,25,27,33-34,36-38H,1-2H3,(H,32,35)/t25-,27?/m0/s1. The Hall–Kier alpha value is -4.36. The zero-order chi connectivity index (χ0) is 26.7. The number of aliphatic hydroxyl groups is 1. The minimum absolute atomic E-state index is 0.281. The number of fused-ring (bicyclic) bond motifs is 1. The van der Waals surface area contributed by atoms with Gasteiger partial charge in [-0.2, -0.15) is 10.8 Å². The molecule has 4 aromatic rings. The number of nitriles is 1. The number of hydrogen-bond acceptors (Lipinski definition) is 9. The highest BCUT2D eigenvalue weighted by molar-refractivity contribution is 6.35. The lowest BCUT2D eigenvalue weighted by molar-refractivity contribution is 0.0589. The molecule has 38 heavy (non-hydrogen) atoms. The fourth-order valence-corrected chi connectivity index (χ4v) is 4.78. The third-order valence-electron chi connectivity index (χ3n) is 6.32. The monoisotopic (exact) mass is 526 g/mol. The number of hydrogen-bond donors (Lipinski definition) is 6. The molecular weight excluding hydrogens is 500 g/mol. The number of nitrogens with one attached hydrogen (secondary N) is 5. The van der Waals surface area contributed by atoms with Crippen LogP contribution >= 0.6 is 11.6 Å². The first kappa shape index (κ1) is 25.3. The number of pyridine rings is 2. The first-order valence-corrected chi connectivity index (χ1v) is 12.4. The van der Waals surface area contributed by atoms with E-state index in [1.165, 1.54) is 6.20 Å². The van der Waals surface area contributed by atoms with Gasteiger partial charge in [0.1, 0.15) is 6.07 Å². The summed E-state index contributed by atoms with van der Waals surface area (Å²) in [6.07, 6.45) is 6.83. The van der Waals surface area contributed by atoms with Crippen LogP contribution in [0.4, 0.5) is 11.4 Å². The molecule has 1 unspecified atom stereocenters. The average Bonchev–Trinajstić information content (AvgIpc) is 3.45. The van der Waals surface area contributed by atoms with Crippen molar-refractivity contribution >= 4 is 33.9 Å². The lowest BCUT2D eigenvalue weighted by Crippen LogP contribution is -2.34. The molecule has 10 heteroatoms. The molecule has 2 aromatic heterocycles. The van der Waals surface area contributed by atoms with E-state index >= 15 is 0 Å². The van der Waals surface area contributed by atoms with Crippen LogP contribution in [0.5, 0.6) is 0 Å². The number of halogens is 1. The van der Waals surface area contributed by atoms with E-state index in [-0.39, 0.29) is 6.04 Å². The van der Waals surface area contributed by atoms with Gasteiger partial charge >= 0.3 is 0 Å². The Bertz CT molecular complexity index is 1510. The molecule has 0 bridgehead atoms. The molecule has 2 atom stereocenters. The fourth-order valence-electron chi connectivity index (χ4n) is 4.51. The molecule has 0 spiro atoms. The Morgan fingerprint density at radius 3 is 2.50 bits per heavy atom. The highest BCUT2D eigenvalue weighted by atomic mass is 35.5. The van der Waals surface area contributed by atoms with Gasteiger partial charge in [-0.25, -0.2) is 0 Å². The average molecular weight is 527 g/mol. The number of rotatable bonds is 8. The van der Waals surface area contributed by atoms with E-state index in [1.54, 1.807) is 32.3 Å². The van der Waals surface area contributed by atoms with E-state index in [4.69, 9.17) is 11.6 Å². The van der Waals surface area contributed by atoms with E-state index in [0.29, 0.717) is 32.9 Å². The van der Waals surface area contributed by atoms with E-state index in [1.807, 2.05) is 54.7 Å². The predicted octanol–water partition coefficient (Wildman–Crippen LogP) is 4.69. The maximum Gasteiger partial charge on any atom is 0.103 e. The molecule has 1 aliphatic heterocycles. The number of benzene rings is 2. The minimum Gasteiger partial charge on any atom is -0.388 e. The Balaban J connectivity index is 1.61. The van der Waals surface area contributed by atoms with Crippen molar-refractivity contribution in [2.75, 3.05) is 10.6 Å². The normalized spacial score (nSPS) is 14.6. The summed E-state index contributed by atoms with van der Waals surface area (Å²) in [6, 6.07) is 18.6. The molecule has 0 amide bonds. The van der Waals surface area contributed by atoms with Crippen molar-refractivity contribution in [3.05, 3.63) is 107 Å². The number of anilines is 2. The van der Waals surface area contributed by atoms with Crippen LogP contribution in [0.2, 0.25) is 5.02 Å². The second-order valence-corrected chi connectivity index (χ2v) is 9.92. The van der Waals surface area contributed by atoms with Crippen molar-refractivity contribution in [3.8, 4) is 6.07 Å². The zero-order valence-electron chi connectivity index (χ0n) is 20.8. The summed E-state index contributed by atoms with van der Waals surface area (Å²) in [7, 11) is 0. The van der Waals surface area contributed by atoms with Crippen molar-refractivity contribution in [1.82, 2.24) is 26.4 Å². The van der Waals surface area contributed by atoms with Crippen LogP contribution in [0.3, 0.4) is 0 Å². The third kappa shape index (κ3) is 5.19. The van der Waals surface area contributed by atoms with Crippen LogP contribution in [-0.4, -0.2) is 20.7 Å². The molecule has 9 nitrogen and oxygen atoms in total. The Morgan fingerprint density at radius 2 is 1.84 bits per heavy atom. The van der Waals surface area contributed by atoms with Gasteiger partial charge in [0.25, 0.3) is 0 Å². The van der Waals surface area contributed by atoms with E-state index in [9.17, 15) is 10.4 Å². The first-order chi connectivity index (χ1) is 18.3. The summed E-state index contributed by atoms with van der Waals surface area (Å²) in [4.78, 5) is 8.74. The molecule has 0 saturated carbocycles. The second-order valence-electron chi connectivity index (χ2n) is 9.51. The predicted molar refractivity (Wildman–Crippen MR) is 149 cm³/mol. The fraction of sp³-hybridized carbons (Fsp3) is 0.179.